The predicted molar refractivity (Wildman–Crippen MR) is 119 cm³/mol. The van der Waals surface area contributed by atoms with Crippen molar-refractivity contribution in [3.8, 4) is 23.0 Å². The van der Waals surface area contributed by atoms with Gasteiger partial charge >= 0.3 is 0 Å². The fraction of sp³-hybridized carbons (Fsp3) is 0.280. The molecule has 3 rings (SSSR count). The van der Waals surface area contributed by atoms with Crippen molar-refractivity contribution in [1.29, 1.82) is 0 Å². The normalized spacial score (nSPS) is 11.0. The van der Waals surface area contributed by atoms with Crippen LogP contribution in [0.15, 0.2) is 48.5 Å². The maximum atomic E-state index is 5.90. The number of hydrogen-bond donors (Lipinski definition) is 0. The summed E-state index contributed by atoms with van der Waals surface area (Å²) in [4.78, 5) is 0. The van der Waals surface area contributed by atoms with Gasteiger partial charge in [-0.2, -0.15) is 0 Å². The van der Waals surface area contributed by atoms with E-state index in [2.05, 4.69) is 37.3 Å². The lowest BCUT2D eigenvalue weighted by Gasteiger charge is -2.15. The third kappa shape index (κ3) is 4.65. The summed E-state index contributed by atoms with van der Waals surface area (Å²) in [6, 6.07) is 16.2. The zero-order chi connectivity index (χ0) is 20.6. The molecule has 0 atom stereocenters. The zero-order valence-electron chi connectivity index (χ0n) is 17.5. The van der Waals surface area contributed by atoms with Gasteiger partial charge in [-0.15, -0.1) is 0 Å². The molecule has 4 nitrogen and oxygen atoms in total. The van der Waals surface area contributed by atoms with Crippen molar-refractivity contribution in [1.82, 2.24) is 0 Å². The molecule has 0 aliphatic heterocycles. The number of benzene rings is 3. The van der Waals surface area contributed by atoms with E-state index in [1.54, 1.807) is 21.3 Å². The molecule has 0 unspecified atom stereocenters. The summed E-state index contributed by atoms with van der Waals surface area (Å²) in [5.41, 5.74) is 2.09. The molecule has 3 aromatic rings. The molecule has 0 saturated carbocycles. The summed E-state index contributed by atoms with van der Waals surface area (Å²) in [6.07, 6.45) is 6.20. The van der Waals surface area contributed by atoms with Crippen LogP contribution in [0.5, 0.6) is 23.0 Å². The van der Waals surface area contributed by atoms with Gasteiger partial charge in [-0.25, -0.2) is 0 Å². The molecule has 4 heteroatoms. The number of fused-ring (bicyclic) bond motifs is 1. The van der Waals surface area contributed by atoms with E-state index in [9.17, 15) is 0 Å². The van der Waals surface area contributed by atoms with Crippen LogP contribution in [0, 0.1) is 0 Å². The van der Waals surface area contributed by atoms with Crippen molar-refractivity contribution in [3.05, 3.63) is 59.7 Å². The van der Waals surface area contributed by atoms with Gasteiger partial charge in [0.1, 0.15) is 5.75 Å². The van der Waals surface area contributed by atoms with Crippen LogP contribution >= 0.6 is 0 Å². The van der Waals surface area contributed by atoms with E-state index in [1.165, 1.54) is 0 Å². The third-order valence-electron chi connectivity index (χ3n) is 4.82. The third-order valence-corrected chi connectivity index (χ3v) is 4.82. The summed E-state index contributed by atoms with van der Waals surface area (Å²) in [7, 11) is 4.98. The molecule has 0 saturated heterocycles. The van der Waals surface area contributed by atoms with Crippen LogP contribution in [0.1, 0.15) is 30.9 Å². The van der Waals surface area contributed by atoms with Gasteiger partial charge in [0, 0.05) is 5.39 Å². The standard InChI is InChI=1S/C25H28O4/c1-5-6-15-29-25-23(27-3)16-18(17-24(25)28-4)11-12-19-13-14-22(26-2)21-10-8-7-9-20(19)21/h7-14,16-17H,5-6,15H2,1-4H3/b12-11+. The smallest absolute Gasteiger partial charge is 0.203 e. The quantitative estimate of drug-likeness (QED) is 0.320. The number of hydrogen-bond acceptors (Lipinski definition) is 4. The first-order chi connectivity index (χ1) is 14.2. The minimum absolute atomic E-state index is 0.635. The van der Waals surface area contributed by atoms with Gasteiger partial charge in [-0.05, 0) is 41.1 Å². The molecule has 0 spiro atoms. The number of rotatable bonds is 9. The largest absolute Gasteiger partial charge is 0.496 e. The highest BCUT2D eigenvalue weighted by molar-refractivity contribution is 5.96. The Kier molecular flexibility index (Phi) is 7.01. The highest BCUT2D eigenvalue weighted by atomic mass is 16.5. The Balaban J connectivity index is 1.96. The summed E-state index contributed by atoms with van der Waals surface area (Å²) in [6.45, 7) is 2.77. The van der Waals surface area contributed by atoms with E-state index in [1.807, 2.05) is 30.3 Å². The molecule has 0 aliphatic carbocycles. The van der Waals surface area contributed by atoms with Gasteiger partial charge in [0.25, 0.3) is 0 Å². The second kappa shape index (κ2) is 9.87. The Morgan fingerprint density at radius 1 is 0.759 bits per heavy atom. The fourth-order valence-corrected chi connectivity index (χ4v) is 3.26. The second-order valence-electron chi connectivity index (χ2n) is 6.69. The van der Waals surface area contributed by atoms with Gasteiger partial charge in [0.15, 0.2) is 11.5 Å². The van der Waals surface area contributed by atoms with E-state index in [0.29, 0.717) is 23.9 Å². The fourth-order valence-electron chi connectivity index (χ4n) is 3.26. The first-order valence-electron chi connectivity index (χ1n) is 9.84. The molecular weight excluding hydrogens is 364 g/mol. The predicted octanol–water partition coefficient (Wildman–Crippen LogP) is 6.21. The molecule has 0 N–H and O–H groups in total. The minimum Gasteiger partial charge on any atom is -0.496 e. The average molecular weight is 392 g/mol. The monoisotopic (exact) mass is 392 g/mol. The average Bonchev–Trinajstić information content (AvgIpc) is 2.77. The Morgan fingerprint density at radius 3 is 2.03 bits per heavy atom. The molecule has 0 aliphatic rings. The van der Waals surface area contributed by atoms with Crippen LogP contribution in [0.2, 0.25) is 0 Å². The van der Waals surface area contributed by atoms with E-state index < -0.39 is 0 Å². The van der Waals surface area contributed by atoms with Crippen molar-refractivity contribution in [3.63, 3.8) is 0 Å². The topological polar surface area (TPSA) is 36.9 Å². The SMILES string of the molecule is CCCCOc1c(OC)cc(/C=C/c2ccc(OC)c3ccccc23)cc1OC. The molecule has 0 bridgehead atoms. The molecule has 0 amide bonds. The van der Waals surface area contributed by atoms with Crippen molar-refractivity contribution in [2.24, 2.45) is 0 Å². The molecule has 29 heavy (non-hydrogen) atoms. The van der Waals surface area contributed by atoms with Crippen LogP contribution in [-0.2, 0) is 0 Å². The molecule has 152 valence electrons. The van der Waals surface area contributed by atoms with Crippen LogP contribution in [0.25, 0.3) is 22.9 Å². The lowest BCUT2D eigenvalue weighted by atomic mass is 10.0. The van der Waals surface area contributed by atoms with Crippen molar-refractivity contribution < 1.29 is 18.9 Å². The number of ether oxygens (including phenoxy) is 4. The molecule has 0 aromatic heterocycles. The second-order valence-corrected chi connectivity index (χ2v) is 6.69. The maximum Gasteiger partial charge on any atom is 0.203 e. The minimum atomic E-state index is 0.635. The molecule has 0 radical (unpaired) electrons. The maximum absolute atomic E-state index is 5.90. The Bertz CT molecular complexity index is 966. The van der Waals surface area contributed by atoms with Crippen molar-refractivity contribution >= 4 is 22.9 Å². The molecule has 0 fully saturated rings. The number of methoxy groups -OCH3 is 3. The van der Waals surface area contributed by atoms with Crippen LogP contribution in [0.3, 0.4) is 0 Å². The van der Waals surface area contributed by atoms with Crippen LogP contribution in [0.4, 0.5) is 0 Å². The van der Waals surface area contributed by atoms with Crippen molar-refractivity contribution in [2.45, 2.75) is 19.8 Å². The summed E-state index contributed by atoms with van der Waals surface area (Å²) >= 11 is 0. The van der Waals surface area contributed by atoms with Gasteiger partial charge < -0.3 is 18.9 Å². The van der Waals surface area contributed by atoms with E-state index in [4.69, 9.17) is 18.9 Å². The van der Waals surface area contributed by atoms with Gasteiger partial charge in [-0.3, -0.25) is 0 Å². The Morgan fingerprint density at radius 2 is 1.41 bits per heavy atom. The van der Waals surface area contributed by atoms with Crippen LogP contribution < -0.4 is 18.9 Å². The summed E-state index contributed by atoms with van der Waals surface area (Å²) in [5, 5.41) is 2.23. The first kappa shape index (κ1) is 20.6. The van der Waals surface area contributed by atoms with E-state index in [-0.39, 0.29) is 0 Å². The summed E-state index contributed by atoms with van der Waals surface area (Å²) < 4.78 is 22.5. The van der Waals surface area contributed by atoms with E-state index >= 15 is 0 Å². The molecule has 3 aromatic carbocycles. The zero-order valence-corrected chi connectivity index (χ0v) is 17.5. The molecular formula is C25H28O4. The lowest BCUT2D eigenvalue weighted by Crippen LogP contribution is -2.01. The Hall–Kier alpha value is -3.14. The van der Waals surface area contributed by atoms with Gasteiger partial charge in [0.2, 0.25) is 5.75 Å². The summed E-state index contributed by atoms with van der Waals surface area (Å²) in [5.74, 6) is 2.85. The Labute approximate surface area is 172 Å². The van der Waals surface area contributed by atoms with Gasteiger partial charge in [-0.1, -0.05) is 55.8 Å². The van der Waals surface area contributed by atoms with Crippen LogP contribution in [-0.4, -0.2) is 27.9 Å². The first-order valence-corrected chi connectivity index (χ1v) is 9.84. The highest BCUT2D eigenvalue weighted by Crippen LogP contribution is 2.39. The number of unbranched alkanes of at least 4 members (excludes halogenated alkanes) is 1. The van der Waals surface area contributed by atoms with Crippen molar-refractivity contribution in [2.75, 3.05) is 27.9 Å². The van der Waals surface area contributed by atoms with Gasteiger partial charge in [0.05, 0.1) is 27.9 Å². The highest BCUT2D eigenvalue weighted by Gasteiger charge is 2.13. The molecule has 0 heterocycles. The lowest BCUT2D eigenvalue weighted by molar-refractivity contribution is 0.270. The van der Waals surface area contributed by atoms with E-state index in [0.717, 1.165) is 40.5 Å².